The Hall–Kier alpha value is -2.05. The molecule has 2 amide bonds. The number of benzene rings is 2. The number of anilines is 1. The van der Waals surface area contributed by atoms with E-state index in [0.717, 1.165) is 24.2 Å². The second kappa shape index (κ2) is 8.98. The Morgan fingerprint density at radius 2 is 2.07 bits per heavy atom. The molecular weight excluding hydrogens is 423 g/mol. The van der Waals surface area contributed by atoms with Crippen LogP contribution < -0.4 is 10.2 Å². The minimum atomic E-state index is -0.449. The third-order valence-corrected chi connectivity index (χ3v) is 7.37. The summed E-state index contributed by atoms with van der Waals surface area (Å²) in [4.78, 5) is 28.0. The van der Waals surface area contributed by atoms with E-state index >= 15 is 0 Å². The fourth-order valence-corrected chi connectivity index (χ4v) is 5.28. The molecule has 4 rings (SSSR count). The fraction of sp³-hybridized carbons (Fsp3) is 0.391. The standard InChI is InChI=1S/C23H24ClFN2O2S/c1-14-5-2-3-8-19(14)26-23(29)15-9-10-21-20(11-15)27(22(28)13-30-21)12-16-17(24)6-4-7-18(16)25/h4,6-7,9-11,14,19H,2-3,5,8,12-13H2,1H3,(H,26,29)/t14-,19-/m0/s1. The van der Waals surface area contributed by atoms with Crippen molar-refractivity contribution < 1.29 is 14.0 Å². The molecule has 1 fully saturated rings. The molecule has 4 nitrogen and oxygen atoms in total. The van der Waals surface area contributed by atoms with Gasteiger partial charge >= 0.3 is 0 Å². The average Bonchev–Trinajstić information content (AvgIpc) is 2.73. The van der Waals surface area contributed by atoms with Crippen molar-refractivity contribution in [1.82, 2.24) is 5.32 Å². The van der Waals surface area contributed by atoms with Crippen LogP contribution in [0.1, 0.15) is 48.5 Å². The van der Waals surface area contributed by atoms with E-state index in [4.69, 9.17) is 11.6 Å². The largest absolute Gasteiger partial charge is 0.349 e. The zero-order valence-electron chi connectivity index (χ0n) is 16.8. The van der Waals surface area contributed by atoms with Crippen LogP contribution in [0, 0.1) is 11.7 Å². The van der Waals surface area contributed by atoms with Crippen LogP contribution >= 0.6 is 23.4 Å². The molecule has 1 aliphatic heterocycles. The van der Waals surface area contributed by atoms with E-state index in [1.807, 2.05) is 6.07 Å². The van der Waals surface area contributed by atoms with E-state index in [9.17, 15) is 14.0 Å². The summed E-state index contributed by atoms with van der Waals surface area (Å²) in [6.45, 7) is 2.20. The lowest BCUT2D eigenvalue weighted by Crippen LogP contribution is -2.41. The number of hydrogen-bond acceptors (Lipinski definition) is 3. The van der Waals surface area contributed by atoms with E-state index < -0.39 is 5.82 Å². The second-order valence-corrected chi connectivity index (χ2v) is 9.42. The molecule has 0 saturated heterocycles. The van der Waals surface area contributed by atoms with Gasteiger partial charge in [-0.25, -0.2) is 4.39 Å². The molecule has 1 N–H and O–H groups in total. The van der Waals surface area contributed by atoms with E-state index in [-0.39, 0.29) is 40.7 Å². The van der Waals surface area contributed by atoms with Crippen LogP contribution in [-0.4, -0.2) is 23.6 Å². The van der Waals surface area contributed by atoms with E-state index in [1.54, 1.807) is 18.2 Å². The highest BCUT2D eigenvalue weighted by Gasteiger charge is 2.28. The monoisotopic (exact) mass is 446 g/mol. The molecule has 0 spiro atoms. The smallest absolute Gasteiger partial charge is 0.251 e. The van der Waals surface area contributed by atoms with Gasteiger partial charge in [-0.1, -0.05) is 37.4 Å². The van der Waals surface area contributed by atoms with Crippen molar-refractivity contribution in [2.75, 3.05) is 10.7 Å². The first-order valence-corrected chi connectivity index (χ1v) is 11.6. The van der Waals surface area contributed by atoms with Crippen molar-refractivity contribution in [2.45, 2.75) is 50.1 Å². The van der Waals surface area contributed by atoms with Crippen molar-refractivity contribution in [3.05, 3.63) is 58.4 Å². The van der Waals surface area contributed by atoms with Crippen LogP contribution in [0.5, 0.6) is 0 Å². The zero-order valence-corrected chi connectivity index (χ0v) is 18.4. The maximum absolute atomic E-state index is 14.3. The molecule has 2 aromatic rings. The number of halogens is 2. The number of nitrogens with one attached hydrogen (secondary N) is 1. The quantitative estimate of drug-likeness (QED) is 0.681. The summed E-state index contributed by atoms with van der Waals surface area (Å²) in [6.07, 6.45) is 4.45. The van der Waals surface area contributed by atoms with Gasteiger partial charge in [0.2, 0.25) is 5.91 Å². The van der Waals surface area contributed by atoms with E-state index in [0.29, 0.717) is 17.2 Å². The third kappa shape index (κ3) is 4.35. The first-order chi connectivity index (χ1) is 14.4. The highest BCUT2D eigenvalue weighted by Crippen LogP contribution is 2.38. The lowest BCUT2D eigenvalue weighted by molar-refractivity contribution is -0.116. The van der Waals surface area contributed by atoms with Gasteiger partial charge in [0.05, 0.1) is 18.0 Å². The van der Waals surface area contributed by atoms with Crippen molar-refractivity contribution in [3.63, 3.8) is 0 Å². The highest BCUT2D eigenvalue weighted by molar-refractivity contribution is 8.00. The van der Waals surface area contributed by atoms with Gasteiger partial charge in [-0.2, -0.15) is 0 Å². The molecule has 1 aliphatic carbocycles. The average molecular weight is 447 g/mol. The Bertz CT molecular complexity index is 963. The second-order valence-electron chi connectivity index (χ2n) is 7.99. The molecule has 1 heterocycles. The van der Waals surface area contributed by atoms with E-state index in [1.165, 1.54) is 35.2 Å². The molecule has 0 aromatic heterocycles. The minimum absolute atomic E-state index is 0.0304. The van der Waals surface area contributed by atoms with Crippen molar-refractivity contribution in [3.8, 4) is 0 Å². The van der Waals surface area contributed by atoms with Gasteiger partial charge in [-0.3, -0.25) is 9.59 Å². The third-order valence-electron chi connectivity index (χ3n) is 5.97. The van der Waals surface area contributed by atoms with Crippen LogP contribution in [0.15, 0.2) is 41.3 Å². The number of nitrogens with zero attached hydrogens (tertiary/aromatic N) is 1. The van der Waals surface area contributed by atoms with Crippen molar-refractivity contribution in [1.29, 1.82) is 0 Å². The Kier molecular flexibility index (Phi) is 6.34. The first kappa shape index (κ1) is 21.2. The number of hydrogen-bond donors (Lipinski definition) is 1. The Labute approximate surface area is 185 Å². The molecule has 1 saturated carbocycles. The predicted molar refractivity (Wildman–Crippen MR) is 119 cm³/mol. The Morgan fingerprint density at radius 3 is 2.83 bits per heavy atom. The molecule has 158 valence electrons. The van der Waals surface area contributed by atoms with Gasteiger partial charge in [-0.05, 0) is 49.1 Å². The van der Waals surface area contributed by atoms with E-state index in [2.05, 4.69) is 12.2 Å². The van der Waals surface area contributed by atoms with Gasteiger partial charge in [0.1, 0.15) is 5.82 Å². The van der Waals surface area contributed by atoms with Crippen LogP contribution in [-0.2, 0) is 11.3 Å². The van der Waals surface area contributed by atoms with Gasteiger partial charge in [0, 0.05) is 27.1 Å². The number of thioether (sulfide) groups is 1. The maximum atomic E-state index is 14.3. The summed E-state index contributed by atoms with van der Waals surface area (Å²) < 4.78 is 14.3. The Balaban J connectivity index is 1.60. The fourth-order valence-electron chi connectivity index (χ4n) is 4.14. The van der Waals surface area contributed by atoms with Gasteiger partial charge < -0.3 is 10.2 Å². The summed E-state index contributed by atoms with van der Waals surface area (Å²) in [6, 6.07) is 10.0. The topological polar surface area (TPSA) is 49.4 Å². The van der Waals surface area contributed by atoms with Crippen molar-refractivity contribution in [2.24, 2.45) is 5.92 Å². The molecule has 7 heteroatoms. The summed E-state index contributed by atoms with van der Waals surface area (Å²) in [5, 5.41) is 3.44. The minimum Gasteiger partial charge on any atom is -0.349 e. The number of carbonyl (C=O) groups is 2. The first-order valence-electron chi connectivity index (χ1n) is 10.2. The lowest BCUT2D eigenvalue weighted by atomic mass is 9.86. The molecule has 0 bridgehead atoms. The number of amides is 2. The molecule has 2 atom stereocenters. The normalized spacial score (nSPS) is 21.3. The SMILES string of the molecule is C[C@H]1CCCC[C@@H]1NC(=O)c1ccc2c(c1)N(Cc1c(F)cccc1Cl)C(=O)CS2. The van der Waals surface area contributed by atoms with Crippen LogP contribution in [0.3, 0.4) is 0 Å². The number of rotatable bonds is 4. The summed E-state index contributed by atoms with van der Waals surface area (Å²) in [5.41, 5.74) is 1.41. The van der Waals surface area contributed by atoms with Gasteiger partial charge in [-0.15, -0.1) is 11.8 Å². The highest BCUT2D eigenvalue weighted by atomic mass is 35.5. The number of fused-ring (bicyclic) bond motifs is 1. The molecule has 30 heavy (non-hydrogen) atoms. The Morgan fingerprint density at radius 1 is 1.27 bits per heavy atom. The van der Waals surface area contributed by atoms with Gasteiger partial charge in [0.15, 0.2) is 0 Å². The predicted octanol–water partition coefficient (Wildman–Crippen LogP) is 5.43. The summed E-state index contributed by atoms with van der Waals surface area (Å²) in [7, 11) is 0. The van der Waals surface area contributed by atoms with Gasteiger partial charge in [0.25, 0.3) is 5.91 Å². The summed E-state index contributed by atoms with van der Waals surface area (Å²) >= 11 is 7.61. The van der Waals surface area contributed by atoms with Crippen molar-refractivity contribution >= 4 is 40.9 Å². The van der Waals surface area contributed by atoms with Crippen LogP contribution in [0.25, 0.3) is 0 Å². The lowest BCUT2D eigenvalue weighted by Gasteiger charge is -2.31. The zero-order chi connectivity index (χ0) is 21.3. The molecular formula is C23H24ClFN2O2S. The number of carbonyl (C=O) groups excluding carboxylic acids is 2. The molecule has 0 unspecified atom stereocenters. The molecule has 2 aromatic carbocycles. The molecule has 2 aliphatic rings. The summed E-state index contributed by atoms with van der Waals surface area (Å²) in [5.74, 6) is 0.00523. The molecule has 0 radical (unpaired) electrons. The van der Waals surface area contributed by atoms with Crippen LogP contribution in [0.2, 0.25) is 5.02 Å². The maximum Gasteiger partial charge on any atom is 0.251 e. The van der Waals surface area contributed by atoms with Crippen LogP contribution in [0.4, 0.5) is 10.1 Å².